The molecule has 1 heterocycles. The van der Waals surface area contributed by atoms with E-state index in [2.05, 4.69) is 30.3 Å². The maximum atomic E-state index is 12.9. The fraction of sp³-hybridized carbons (Fsp3) is 0.227. The number of amides is 1. The van der Waals surface area contributed by atoms with Crippen LogP contribution in [-0.4, -0.2) is 43.2 Å². The highest BCUT2D eigenvalue weighted by Gasteiger charge is 2.14. The second kappa shape index (κ2) is 9.95. The van der Waals surface area contributed by atoms with E-state index in [9.17, 15) is 4.79 Å². The molecule has 0 radical (unpaired) electrons. The Labute approximate surface area is 176 Å². The fourth-order valence-corrected chi connectivity index (χ4v) is 3.14. The summed E-state index contributed by atoms with van der Waals surface area (Å²) >= 11 is 5.24. The molecule has 150 valence electrons. The van der Waals surface area contributed by atoms with Crippen LogP contribution in [0.4, 0.5) is 0 Å². The minimum Gasteiger partial charge on any atom is -0.361 e. The molecule has 4 N–H and O–H groups in total. The molecule has 0 aliphatic heterocycles. The van der Waals surface area contributed by atoms with E-state index in [1.807, 2.05) is 60.7 Å². The van der Waals surface area contributed by atoms with E-state index in [0.717, 1.165) is 41.7 Å². The van der Waals surface area contributed by atoms with E-state index < -0.39 is 0 Å². The van der Waals surface area contributed by atoms with Gasteiger partial charge in [0.1, 0.15) is 0 Å². The summed E-state index contributed by atoms with van der Waals surface area (Å²) in [6.07, 6.45) is 0.994. The maximum Gasteiger partial charge on any atom is 0.270 e. The molecule has 0 saturated heterocycles. The van der Waals surface area contributed by atoms with Gasteiger partial charge >= 0.3 is 0 Å². The summed E-state index contributed by atoms with van der Waals surface area (Å²) in [6, 6.07) is 19.2. The molecule has 2 aromatic carbocycles. The third-order valence-corrected chi connectivity index (χ3v) is 4.71. The summed E-state index contributed by atoms with van der Waals surface area (Å²) in [5.74, 6) is -0.261. The van der Waals surface area contributed by atoms with Crippen LogP contribution in [-0.2, 0) is 0 Å². The quantitative estimate of drug-likeness (QED) is 0.283. The van der Waals surface area contributed by atoms with Crippen molar-refractivity contribution in [1.82, 2.24) is 21.2 Å². The van der Waals surface area contributed by atoms with Crippen LogP contribution in [0.3, 0.4) is 0 Å². The predicted molar refractivity (Wildman–Crippen MR) is 121 cm³/mol. The number of thiocarbonyl (C=S) groups is 1. The molecular weight excluding hydrogens is 382 g/mol. The highest BCUT2D eigenvalue weighted by atomic mass is 32.1. The highest BCUT2D eigenvalue weighted by Crippen LogP contribution is 2.24. The SMILES string of the molecule is C[NH+](C)CCCNC(=S)NNC(=O)c1cc(-c2ccccc2)nc2ccccc12. The molecule has 0 atom stereocenters. The second-order valence-electron chi connectivity index (χ2n) is 7.08. The second-order valence-corrected chi connectivity index (χ2v) is 7.49. The third kappa shape index (κ3) is 5.73. The van der Waals surface area contributed by atoms with Crippen LogP contribution in [0, 0.1) is 0 Å². The zero-order valence-electron chi connectivity index (χ0n) is 16.7. The van der Waals surface area contributed by atoms with Crippen LogP contribution in [0.1, 0.15) is 16.8 Å². The molecule has 3 aromatic rings. The highest BCUT2D eigenvalue weighted by molar-refractivity contribution is 7.80. The molecule has 1 aromatic heterocycles. The molecule has 0 aliphatic carbocycles. The molecule has 3 rings (SSSR count). The lowest BCUT2D eigenvalue weighted by Crippen LogP contribution is -3.05. The van der Waals surface area contributed by atoms with E-state index >= 15 is 0 Å². The minimum atomic E-state index is -0.261. The first kappa shape index (κ1) is 20.7. The minimum absolute atomic E-state index is 0.261. The lowest BCUT2D eigenvalue weighted by Gasteiger charge is -2.14. The molecule has 6 nitrogen and oxygen atoms in total. The van der Waals surface area contributed by atoms with Gasteiger partial charge in [0, 0.05) is 23.9 Å². The molecule has 0 bridgehead atoms. The van der Waals surface area contributed by atoms with Crippen molar-refractivity contribution in [3.8, 4) is 11.3 Å². The topological polar surface area (TPSA) is 70.5 Å². The molecule has 0 saturated carbocycles. The summed E-state index contributed by atoms with van der Waals surface area (Å²) in [7, 11) is 4.22. The summed E-state index contributed by atoms with van der Waals surface area (Å²) in [6.45, 7) is 1.80. The molecule has 0 fully saturated rings. The number of nitrogens with zero attached hydrogens (tertiary/aromatic N) is 1. The van der Waals surface area contributed by atoms with Crippen molar-refractivity contribution in [2.75, 3.05) is 27.2 Å². The lowest BCUT2D eigenvalue weighted by molar-refractivity contribution is -0.858. The first-order chi connectivity index (χ1) is 14.0. The van der Waals surface area contributed by atoms with Crippen molar-refractivity contribution < 1.29 is 9.69 Å². The van der Waals surface area contributed by atoms with Gasteiger partial charge in [-0.2, -0.15) is 0 Å². The van der Waals surface area contributed by atoms with Gasteiger partial charge in [-0.1, -0.05) is 48.5 Å². The van der Waals surface area contributed by atoms with E-state index in [0.29, 0.717) is 10.7 Å². The van der Waals surface area contributed by atoms with Gasteiger partial charge in [0.15, 0.2) is 5.11 Å². The number of fused-ring (bicyclic) bond motifs is 1. The van der Waals surface area contributed by atoms with Crippen LogP contribution in [0.15, 0.2) is 60.7 Å². The lowest BCUT2D eigenvalue weighted by atomic mass is 10.0. The largest absolute Gasteiger partial charge is 0.361 e. The smallest absolute Gasteiger partial charge is 0.270 e. The molecule has 0 unspecified atom stereocenters. The molecular formula is C22H26N5OS+. The Morgan fingerprint density at radius 1 is 1.03 bits per heavy atom. The fourth-order valence-electron chi connectivity index (χ4n) is 2.99. The van der Waals surface area contributed by atoms with E-state index in [-0.39, 0.29) is 5.91 Å². The Balaban J connectivity index is 1.73. The molecule has 0 spiro atoms. The average molecular weight is 409 g/mol. The number of carbonyl (C=O) groups excluding carboxylic acids is 1. The first-order valence-corrected chi connectivity index (χ1v) is 10.0. The summed E-state index contributed by atoms with van der Waals surface area (Å²) in [5.41, 5.74) is 8.50. The van der Waals surface area contributed by atoms with Gasteiger partial charge in [0.25, 0.3) is 5.91 Å². The molecule has 0 aliphatic rings. The van der Waals surface area contributed by atoms with Gasteiger partial charge in [-0.3, -0.25) is 15.6 Å². The van der Waals surface area contributed by atoms with E-state index in [4.69, 9.17) is 17.2 Å². The van der Waals surface area contributed by atoms with Crippen LogP contribution in [0.25, 0.3) is 22.2 Å². The third-order valence-electron chi connectivity index (χ3n) is 4.46. The Kier molecular flexibility index (Phi) is 7.10. The summed E-state index contributed by atoms with van der Waals surface area (Å²) in [5, 5.41) is 4.29. The number of nitrogens with one attached hydrogen (secondary N) is 4. The number of para-hydroxylation sites is 1. The van der Waals surface area contributed by atoms with Crippen molar-refractivity contribution in [2.24, 2.45) is 0 Å². The van der Waals surface area contributed by atoms with Gasteiger partial charge in [-0.25, -0.2) is 4.98 Å². The predicted octanol–water partition coefficient (Wildman–Crippen LogP) is 1.55. The number of quaternary nitrogens is 1. The number of benzene rings is 2. The Morgan fingerprint density at radius 2 is 1.76 bits per heavy atom. The summed E-state index contributed by atoms with van der Waals surface area (Å²) in [4.78, 5) is 19.0. The van der Waals surface area contributed by atoms with Crippen molar-refractivity contribution in [2.45, 2.75) is 6.42 Å². The number of carbonyl (C=O) groups is 1. The van der Waals surface area contributed by atoms with Crippen molar-refractivity contribution in [3.05, 3.63) is 66.2 Å². The van der Waals surface area contributed by atoms with Crippen molar-refractivity contribution in [1.29, 1.82) is 0 Å². The number of hydrazine groups is 1. The van der Waals surface area contributed by atoms with Gasteiger partial charge in [0.2, 0.25) is 0 Å². The standard InChI is InChI=1S/C22H25N5OS/c1-27(2)14-8-13-23-22(29)26-25-21(28)18-15-20(16-9-4-3-5-10-16)24-19-12-7-6-11-17(18)19/h3-7,9-12,15H,8,13-14H2,1-2H3,(H,25,28)(H2,23,26,29)/p+1. The zero-order chi connectivity index (χ0) is 20.6. The Hall–Kier alpha value is -3.03. The van der Waals surface area contributed by atoms with Gasteiger partial charge in [-0.05, 0) is 24.4 Å². The van der Waals surface area contributed by atoms with Gasteiger partial charge in [-0.15, -0.1) is 0 Å². The summed E-state index contributed by atoms with van der Waals surface area (Å²) < 4.78 is 0. The van der Waals surface area contributed by atoms with Gasteiger partial charge < -0.3 is 10.2 Å². The monoisotopic (exact) mass is 408 g/mol. The molecule has 7 heteroatoms. The Morgan fingerprint density at radius 3 is 2.52 bits per heavy atom. The first-order valence-electron chi connectivity index (χ1n) is 9.63. The number of aromatic nitrogens is 1. The normalized spacial score (nSPS) is 10.7. The van der Waals surface area contributed by atoms with Crippen LogP contribution in [0.5, 0.6) is 0 Å². The number of rotatable bonds is 6. The van der Waals surface area contributed by atoms with Crippen molar-refractivity contribution >= 4 is 34.1 Å². The van der Waals surface area contributed by atoms with E-state index in [1.165, 1.54) is 4.90 Å². The van der Waals surface area contributed by atoms with Gasteiger partial charge in [0.05, 0.1) is 37.4 Å². The number of pyridine rings is 1. The molecule has 1 amide bonds. The number of hydrogen-bond acceptors (Lipinski definition) is 3. The van der Waals surface area contributed by atoms with E-state index in [1.54, 1.807) is 0 Å². The number of hydrogen-bond donors (Lipinski definition) is 4. The maximum absolute atomic E-state index is 12.9. The van der Waals surface area contributed by atoms with Crippen LogP contribution in [0.2, 0.25) is 0 Å². The molecule has 29 heavy (non-hydrogen) atoms. The van der Waals surface area contributed by atoms with Crippen molar-refractivity contribution in [3.63, 3.8) is 0 Å². The van der Waals surface area contributed by atoms with Crippen LogP contribution < -0.4 is 21.1 Å². The van der Waals surface area contributed by atoms with Crippen LogP contribution >= 0.6 is 12.2 Å². The Bertz CT molecular complexity index is 991. The zero-order valence-corrected chi connectivity index (χ0v) is 17.5. The average Bonchev–Trinajstić information content (AvgIpc) is 2.74.